The van der Waals surface area contributed by atoms with Crippen molar-refractivity contribution in [1.29, 1.82) is 0 Å². The molecule has 164 valence electrons. The van der Waals surface area contributed by atoms with Gasteiger partial charge in [-0.15, -0.1) is 0 Å². The molecule has 3 aromatic rings. The molecule has 8 nitrogen and oxygen atoms in total. The van der Waals surface area contributed by atoms with Crippen molar-refractivity contribution in [2.75, 3.05) is 11.9 Å². The Labute approximate surface area is 180 Å². The van der Waals surface area contributed by atoms with Crippen molar-refractivity contribution < 1.29 is 24.4 Å². The van der Waals surface area contributed by atoms with Crippen LogP contribution in [0.1, 0.15) is 19.8 Å². The van der Waals surface area contributed by atoms with Gasteiger partial charge in [0.05, 0.1) is 17.6 Å². The summed E-state index contributed by atoms with van der Waals surface area (Å²) in [5, 5.41) is 24.7. The minimum absolute atomic E-state index is 0.308. The molecule has 2 aliphatic rings. The maximum Gasteiger partial charge on any atom is 0.158 e. The van der Waals surface area contributed by atoms with E-state index in [0.717, 1.165) is 35.1 Å². The number of ether oxygens (including phenoxy) is 3. The zero-order chi connectivity index (χ0) is 21.4. The maximum atomic E-state index is 10.7. The van der Waals surface area contributed by atoms with Gasteiger partial charge in [0.15, 0.2) is 12.5 Å². The van der Waals surface area contributed by atoms with Crippen LogP contribution in [0.5, 0.6) is 0 Å². The number of nitrogens with one attached hydrogen (secondary N) is 2. The van der Waals surface area contributed by atoms with E-state index in [-0.39, 0.29) is 6.29 Å². The predicted molar refractivity (Wildman–Crippen MR) is 115 cm³/mol. The Kier molecular flexibility index (Phi) is 5.64. The fourth-order valence-corrected chi connectivity index (χ4v) is 4.21. The maximum absolute atomic E-state index is 10.7. The monoisotopic (exact) mass is 425 g/mol. The number of fused-ring (bicyclic) bond motifs is 2. The highest BCUT2D eigenvalue weighted by atomic mass is 16.7. The van der Waals surface area contributed by atoms with Crippen LogP contribution in [0.25, 0.3) is 22.4 Å². The molecule has 0 saturated carbocycles. The van der Waals surface area contributed by atoms with Crippen LogP contribution in [0.2, 0.25) is 0 Å². The fraction of sp³-hybridized carbons (Fsp3) is 0.435. The number of aliphatic hydroxyl groups is 2. The van der Waals surface area contributed by atoms with Crippen molar-refractivity contribution in [2.45, 2.75) is 56.7 Å². The highest BCUT2D eigenvalue weighted by molar-refractivity contribution is 5.83. The van der Waals surface area contributed by atoms with Crippen molar-refractivity contribution in [3.63, 3.8) is 0 Å². The van der Waals surface area contributed by atoms with E-state index in [9.17, 15) is 10.2 Å². The molecular weight excluding hydrogens is 398 g/mol. The van der Waals surface area contributed by atoms with Crippen molar-refractivity contribution in [2.24, 2.45) is 0 Å². The Morgan fingerprint density at radius 3 is 2.71 bits per heavy atom. The van der Waals surface area contributed by atoms with Crippen molar-refractivity contribution >= 4 is 16.7 Å². The van der Waals surface area contributed by atoms with Crippen molar-refractivity contribution in [1.82, 2.24) is 9.97 Å². The number of hydrogen-bond acceptors (Lipinski definition) is 7. The number of nitrogens with zero attached hydrogens (tertiary/aromatic N) is 1. The molecule has 2 fully saturated rings. The Balaban J connectivity index is 1.37. The molecule has 4 N–H and O–H groups in total. The summed E-state index contributed by atoms with van der Waals surface area (Å²) in [6, 6.07) is 15.5. The van der Waals surface area contributed by atoms with Gasteiger partial charge < -0.3 is 34.7 Å². The zero-order valence-electron chi connectivity index (χ0n) is 17.3. The minimum Gasteiger partial charge on any atom is -0.387 e. The van der Waals surface area contributed by atoms with Gasteiger partial charge in [-0.25, -0.2) is 4.98 Å². The van der Waals surface area contributed by atoms with Gasteiger partial charge in [0, 0.05) is 11.3 Å². The van der Waals surface area contributed by atoms with Gasteiger partial charge in [0.2, 0.25) is 0 Å². The van der Waals surface area contributed by atoms with E-state index in [1.165, 1.54) is 0 Å². The van der Waals surface area contributed by atoms with Gasteiger partial charge in [-0.05, 0) is 30.7 Å². The standard InChI is InChI=1S/C23H27N3O5/c1-2-7-18-29-12-17-21(31-18)19(27)20(28)23(30-17)26-14-9-4-3-8-13(14)22-24-15-10-5-6-11-16(15)25-22/h3-6,8-11,17-21,23,26-28H,2,7,12H2,1H3,(H,24,25)/t17-,18?,19-,20-,21-,23+/m1/s1. The molecule has 0 spiro atoms. The first-order chi connectivity index (χ1) is 15.1. The lowest BCUT2D eigenvalue weighted by molar-refractivity contribution is -0.322. The second-order valence-electron chi connectivity index (χ2n) is 8.02. The molecule has 8 heteroatoms. The van der Waals surface area contributed by atoms with Gasteiger partial charge in [0.1, 0.15) is 30.2 Å². The molecule has 31 heavy (non-hydrogen) atoms. The molecule has 2 saturated heterocycles. The quantitative estimate of drug-likeness (QED) is 0.498. The largest absolute Gasteiger partial charge is 0.387 e. The van der Waals surface area contributed by atoms with E-state index in [4.69, 9.17) is 14.2 Å². The first-order valence-corrected chi connectivity index (χ1v) is 10.7. The third-order valence-corrected chi connectivity index (χ3v) is 5.83. The van der Waals surface area contributed by atoms with Crippen LogP contribution >= 0.6 is 0 Å². The number of aromatic nitrogens is 2. The number of imidazole rings is 1. The lowest BCUT2D eigenvalue weighted by atomic mass is 9.97. The summed E-state index contributed by atoms with van der Waals surface area (Å²) in [6.07, 6.45) is -2.90. The summed E-state index contributed by atoms with van der Waals surface area (Å²) in [7, 11) is 0. The second-order valence-corrected chi connectivity index (χ2v) is 8.02. The fourth-order valence-electron chi connectivity index (χ4n) is 4.21. The molecule has 6 atom stereocenters. The summed E-state index contributed by atoms with van der Waals surface area (Å²) in [5.41, 5.74) is 3.39. The van der Waals surface area contributed by atoms with Crippen LogP contribution in [0.4, 0.5) is 5.69 Å². The summed E-state index contributed by atoms with van der Waals surface area (Å²) in [6.45, 7) is 2.35. The Bertz CT molecular complexity index is 1010. The number of anilines is 1. The Morgan fingerprint density at radius 2 is 1.87 bits per heavy atom. The van der Waals surface area contributed by atoms with Crippen LogP contribution in [-0.4, -0.2) is 63.7 Å². The van der Waals surface area contributed by atoms with Crippen LogP contribution < -0.4 is 5.32 Å². The van der Waals surface area contributed by atoms with Crippen LogP contribution in [0.3, 0.4) is 0 Å². The number of para-hydroxylation sites is 3. The van der Waals surface area contributed by atoms with Gasteiger partial charge in [0.25, 0.3) is 0 Å². The second kappa shape index (κ2) is 8.57. The van der Waals surface area contributed by atoms with Crippen molar-refractivity contribution in [3.05, 3.63) is 48.5 Å². The summed E-state index contributed by atoms with van der Waals surface area (Å²) in [4.78, 5) is 8.00. The molecule has 0 bridgehead atoms. The number of hydrogen-bond donors (Lipinski definition) is 4. The summed E-state index contributed by atoms with van der Waals surface area (Å²) < 4.78 is 17.6. The summed E-state index contributed by atoms with van der Waals surface area (Å²) in [5.74, 6) is 0.708. The lowest BCUT2D eigenvalue weighted by Gasteiger charge is -2.46. The number of rotatable bonds is 5. The van der Waals surface area contributed by atoms with Crippen LogP contribution in [-0.2, 0) is 14.2 Å². The molecule has 0 radical (unpaired) electrons. The minimum atomic E-state index is -1.16. The molecule has 2 aliphatic heterocycles. The topological polar surface area (TPSA) is 109 Å². The van der Waals surface area contributed by atoms with Crippen LogP contribution in [0, 0.1) is 0 Å². The number of aromatic amines is 1. The van der Waals surface area contributed by atoms with Crippen LogP contribution in [0.15, 0.2) is 48.5 Å². The SMILES string of the molecule is CCCC1OC[C@H]2O[C@H](Nc3ccccc3-c3nc4ccccc4[nH]3)[C@H](O)[C@@H](O)[C@@H]2O1. The molecule has 2 aromatic carbocycles. The first kappa shape index (κ1) is 20.4. The van der Waals surface area contributed by atoms with E-state index < -0.39 is 30.6 Å². The van der Waals surface area contributed by atoms with E-state index in [0.29, 0.717) is 12.4 Å². The average molecular weight is 425 g/mol. The lowest BCUT2D eigenvalue weighted by Crippen LogP contribution is -2.64. The van der Waals surface area contributed by atoms with E-state index in [1.807, 2.05) is 55.5 Å². The zero-order valence-corrected chi connectivity index (χ0v) is 17.3. The Morgan fingerprint density at radius 1 is 1.06 bits per heavy atom. The highest BCUT2D eigenvalue weighted by Gasteiger charge is 2.48. The number of H-pyrrole nitrogens is 1. The van der Waals surface area contributed by atoms with E-state index >= 15 is 0 Å². The van der Waals surface area contributed by atoms with E-state index in [2.05, 4.69) is 15.3 Å². The van der Waals surface area contributed by atoms with Gasteiger partial charge in [-0.2, -0.15) is 0 Å². The molecule has 0 amide bonds. The third kappa shape index (κ3) is 3.93. The third-order valence-electron chi connectivity index (χ3n) is 5.83. The molecule has 1 aromatic heterocycles. The summed E-state index contributed by atoms with van der Waals surface area (Å²) >= 11 is 0. The molecule has 5 rings (SSSR count). The molecule has 1 unspecified atom stereocenters. The molecule has 0 aliphatic carbocycles. The number of aliphatic hydroxyl groups excluding tert-OH is 2. The van der Waals surface area contributed by atoms with E-state index in [1.54, 1.807) is 0 Å². The van der Waals surface area contributed by atoms with Gasteiger partial charge in [-0.1, -0.05) is 37.6 Å². The van der Waals surface area contributed by atoms with Crippen molar-refractivity contribution in [3.8, 4) is 11.4 Å². The normalized spacial score (nSPS) is 30.8. The number of benzene rings is 2. The van der Waals surface area contributed by atoms with Gasteiger partial charge in [-0.3, -0.25) is 0 Å². The molecular formula is C23H27N3O5. The predicted octanol–water partition coefficient (Wildman–Crippen LogP) is 2.63. The van der Waals surface area contributed by atoms with Gasteiger partial charge >= 0.3 is 0 Å². The highest BCUT2D eigenvalue weighted by Crippen LogP contribution is 2.33. The first-order valence-electron chi connectivity index (χ1n) is 10.7. The average Bonchev–Trinajstić information content (AvgIpc) is 3.22. The smallest absolute Gasteiger partial charge is 0.158 e. The Hall–Kier alpha value is -2.49. The molecule has 3 heterocycles.